The maximum Gasteiger partial charge on any atom is 0.323 e. The molecule has 0 bridgehead atoms. The summed E-state index contributed by atoms with van der Waals surface area (Å²) in [5.41, 5.74) is 0.504. The average Bonchev–Trinajstić information content (AvgIpc) is 2.47. The number of aliphatic carboxylic acids is 1. The molecule has 1 fully saturated rings. The highest BCUT2D eigenvalue weighted by molar-refractivity contribution is 7.99. The Labute approximate surface area is 135 Å². The van der Waals surface area contributed by atoms with Crippen molar-refractivity contribution in [3.63, 3.8) is 0 Å². The maximum absolute atomic E-state index is 11.6. The number of hydrogen-bond donors (Lipinski definition) is 2. The van der Waals surface area contributed by atoms with Crippen LogP contribution in [0.5, 0.6) is 0 Å². The first-order valence-corrected chi connectivity index (χ1v) is 8.83. The van der Waals surface area contributed by atoms with Crippen LogP contribution in [0, 0.1) is 0 Å². The molecule has 2 N–H and O–H groups in total. The van der Waals surface area contributed by atoms with E-state index in [1.807, 2.05) is 43.0 Å². The standard InChI is InChI=1S/C16H22ClNO2S/c1-2-18-16(15(19)20)9-3-4-14(10-16)21-11-12-5-7-13(17)8-6-12/h5-8,14,18H,2-4,9-11H2,1H3,(H,19,20). The van der Waals surface area contributed by atoms with Gasteiger partial charge in [-0.1, -0.05) is 30.7 Å². The Kier molecular flexibility index (Phi) is 5.97. The Balaban J connectivity index is 1.94. The molecule has 1 aliphatic rings. The highest BCUT2D eigenvalue weighted by Crippen LogP contribution is 2.36. The molecule has 1 aromatic carbocycles. The van der Waals surface area contributed by atoms with Gasteiger partial charge in [-0.25, -0.2) is 0 Å². The number of nitrogens with one attached hydrogen (secondary N) is 1. The van der Waals surface area contributed by atoms with Crippen LogP contribution in [0.3, 0.4) is 0 Å². The van der Waals surface area contributed by atoms with Gasteiger partial charge in [-0.15, -0.1) is 0 Å². The smallest absolute Gasteiger partial charge is 0.323 e. The SMILES string of the molecule is CCNC1(C(=O)O)CCCC(SCc2ccc(Cl)cc2)C1. The van der Waals surface area contributed by atoms with E-state index in [-0.39, 0.29) is 0 Å². The average molecular weight is 328 g/mol. The predicted octanol–water partition coefficient (Wildman–Crippen LogP) is 3.95. The fraction of sp³-hybridized carbons (Fsp3) is 0.562. The van der Waals surface area contributed by atoms with Gasteiger partial charge in [0.05, 0.1) is 0 Å². The van der Waals surface area contributed by atoms with Crippen LogP contribution < -0.4 is 5.32 Å². The molecule has 3 nitrogen and oxygen atoms in total. The minimum Gasteiger partial charge on any atom is -0.480 e. The third kappa shape index (κ3) is 4.38. The summed E-state index contributed by atoms with van der Waals surface area (Å²) >= 11 is 7.74. The summed E-state index contributed by atoms with van der Waals surface area (Å²) in [7, 11) is 0. The molecule has 21 heavy (non-hydrogen) atoms. The molecule has 1 aliphatic carbocycles. The van der Waals surface area contributed by atoms with Crippen LogP contribution in [0.25, 0.3) is 0 Å². The second kappa shape index (κ2) is 7.52. The molecule has 0 heterocycles. The van der Waals surface area contributed by atoms with Crippen molar-refractivity contribution in [3.05, 3.63) is 34.9 Å². The molecule has 0 spiro atoms. The van der Waals surface area contributed by atoms with Crippen molar-refractivity contribution >= 4 is 29.3 Å². The summed E-state index contributed by atoms with van der Waals surface area (Å²) < 4.78 is 0. The van der Waals surface area contributed by atoms with E-state index in [0.717, 1.165) is 30.0 Å². The summed E-state index contributed by atoms with van der Waals surface area (Å²) in [5, 5.41) is 13.9. The number of carbonyl (C=O) groups is 1. The highest BCUT2D eigenvalue weighted by Gasteiger charge is 2.42. The lowest BCUT2D eigenvalue weighted by molar-refractivity contribution is -0.146. The van der Waals surface area contributed by atoms with E-state index in [0.29, 0.717) is 18.2 Å². The Morgan fingerprint density at radius 1 is 1.48 bits per heavy atom. The first-order chi connectivity index (χ1) is 10.1. The largest absolute Gasteiger partial charge is 0.480 e. The number of likely N-dealkylation sites (N-methyl/N-ethyl adjacent to an activating group) is 1. The topological polar surface area (TPSA) is 49.3 Å². The van der Waals surface area contributed by atoms with Crippen molar-refractivity contribution < 1.29 is 9.90 Å². The number of hydrogen-bond acceptors (Lipinski definition) is 3. The Bertz CT molecular complexity index is 476. The second-order valence-corrected chi connectivity index (χ2v) is 7.30. The second-order valence-electron chi connectivity index (χ2n) is 5.57. The Morgan fingerprint density at radius 3 is 2.81 bits per heavy atom. The Morgan fingerprint density at radius 2 is 2.19 bits per heavy atom. The van der Waals surface area contributed by atoms with Gasteiger partial charge in [-0.2, -0.15) is 11.8 Å². The summed E-state index contributed by atoms with van der Waals surface area (Å²) in [4.78, 5) is 11.6. The van der Waals surface area contributed by atoms with Crippen LogP contribution in [-0.4, -0.2) is 28.4 Å². The predicted molar refractivity (Wildman–Crippen MR) is 89.0 cm³/mol. The molecule has 0 aromatic heterocycles. The number of rotatable bonds is 6. The van der Waals surface area contributed by atoms with E-state index in [9.17, 15) is 9.90 Å². The maximum atomic E-state index is 11.6. The van der Waals surface area contributed by atoms with Crippen LogP contribution in [0.4, 0.5) is 0 Å². The van der Waals surface area contributed by atoms with Gasteiger partial charge in [0, 0.05) is 16.0 Å². The minimum atomic E-state index is -0.731. The van der Waals surface area contributed by atoms with E-state index in [2.05, 4.69) is 5.32 Å². The van der Waals surface area contributed by atoms with E-state index < -0.39 is 11.5 Å². The third-order valence-corrected chi connectivity index (χ3v) is 5.66. The molecule has 2 rings (SSSR count). The number of halogens is 1. The van der Waals surface area contributed by atoms with Crippen LogP contribution >= 0.6 is 23.4 Å². The first-order valence-electron chi connectivity index (χ1n) is 7.40. The Hall–Kier alpha value is -0.710. The van der Waals surface area contributed by atoms with Gasteiger partial charge in [0.1, 0.15) is 5.54 Å². The molecule has 0 radical (unpaired) electrons. The third-order valence-electron chi connectivity index (χ3n) is 4.03. The summed E-state index contributed by atoms with van der Waals surface area (Å²) in [6, 6.07) is 7.87. The van der Waals surface area contributed by atoms with Crippen LogP contribution in [0.2, 0.25) is 5.02 Å². The van der Waals surface area contributed by atoms with Gasteiger partial charge in [-0.05, 0) is 49.9 Å². The zero-order chi connectivity index (χ0) is 15.3. The van der Waals surface area contributed by atoms with Crippen molar-refractivity contribution in [1.29, 1.82) is 0 Å². The lowest BCUT2D eigenvalue weighted by Gasteiger charge is -2.38. The number of carboxylic acid groups (broad SMARTS) is 1. The van der Waals surface area contributed by atoms with Crippen molar-refractivity contribution in [1.82, 2.24) is 5.32 Å². The highest BCUT2D eigenvalue weighted by atomic mass is 35.5. The summed E-state index contributed by atoms with van der Waals surface area (Å²) in [5.74, 6) is 0.199. The lowest BCUT2D eigenvalue weighted by atomic mass is 9.81. The zero-order valence-electron chi connectivity index (χ0n) is 12.3. The molecular weight excluding hydrogens is 306 g/mol. The quantitative estimate of drug-likeness (QED) is 0.830. The van der Waals surface area contributed by atoms with Gasteiger partial charge >= 0.3 is 5.97 Å². The molecular formula is C16H22ClNO2S. The molecule has 2 atom stereocenters. The van der Waals surface area contributed by atoms with Gasteiger partial charge in [0.15, 0.2) is 0 Å². The summed E-state index contributed by atoms with van der Waals surface area (Å²) in [6.07, 6.45) is 3.50. The zero-order valence-corrected chi connectivity index (χ0v) is 13.8. The van der Waals surface area contributed by atoms with E-state index in [1.54, 1.807) is 0 Å². The fourth-order valence-corrected chi connectivity index (χ4v) is 4.41. The number of carboxylic acids is 1. The number of thioether (sulfide) groups is 1. The molecule has 1 saturated carbocycles. The van der Waals surface area contributed by atoms with Gasteiger partial charge < -0.3 is 10.4 Å². The van der Waals surface area contributed by atoms with E-state index in [1.165, 1.54) is 5.56 Å². The van der Waals surface area contributed by atoms with E-state index in [4.69, 9.17) is 11.6 Å². The van der Waals surface area contributed by atoms with Crippen molar-refractivity contribution in [2.24, 2.45) is 0 Å². The van der Waals surface area contributed by atoms with Crippen molar-refractivity contribution in [2.45, 2.75) is 49.1 Å². The molecule has 116 valence electrons. The lowest BCUT2D eigenvalue weighted by Crippen LogP contribution is -2.55. The van der Waals surface area contributed by atoms with E-state index >= 15 is 0 Å². The molecule has 0 aliphatic heterocycles. The van der Waals surface area contributed by atoms with Crippen molar-refractivity contribution in [3.8, 4) is 0 Å². The van der Waals surface area contributed by atoms with Crippen LogP contribution in [0.15, 0.2) is 24.3 Å². The monoisotopic (exact) mass is 327 g/mol. The molecule has 5 heteroatoms. The van der Waals surface area contributed by atoms with Gasteiger partial charge in [0.2, 0.25) is 0 Å². The molecule has 2 unspecified atom stereocenters. The van der Waals surface area contributed by atoms with Crippen LogP contribution in [0.1, 0.15) is 38.2 Å². The van der Waals surface area contributed by atoms with Gasteiger partial charge in [0.25, 0.3) is 0 Å². The van der Waals surface area contributed by atoms with Gasteiger partial charge in [-0.3, -0.25) is 4.79 Å². The summed E-state index contributed by atoms with van der Waals surface area (Å²) in [6.45, 7) is 2.66. The van der Waals surface area contributed by atoms with Crippen LogP contribution in [-0.2, 0) is 10.5 Å². The number of benzene rings is 1. The first kappa shape index (κ1) is 16.7. The molecule has 0 amide bonds. The fourth-order valence-electron chi connectivity index (χ4n) is 2.93. The molecule has 0 saturated heterocycles. The molecule has 1 aromatic rings. The normalized spacial score (nSPS) is 25.7. The van der Waals surface area contributed by atoms with Crippen molar-refractivity contribution in [2.75, 3.05) is 6.54 Å². The minimum absolute atomic E-state index is 0.393.